The van der Waals surface area contributed by atoms with Gasteiger partial charge in [0.05, 0.1) is 6.04 Å². The van der Waals surface area contributed by atoms with E-state index in [0.717, 1.165) is 19.5 Å². The third-order valence-electron chi connectivity index (χ3n) is 3.44. The first-order chi connectivity index (χ1) is 7.00. The summed E-state index contributed by atoms with van der Waals surface area (Å²) in [5, 5.41) is 11.8. The van der Waals surface area contributed by atoms with Crippen molar-refractivity contribution in [1.82, 2.24) is 4.90 Å². The van der Waals surface area contributed by atoms with Crippen molar-refractivity contribution >= 4 is 5.84 Å². The van der Waals surface area contributed by atoms with Crippen molar-refractivity contribution in [3.8, 4) is 0 Å². The van der Waals surface area contributed by atoms with Crippen LogP contribution in [0.1, 0.15) is 40.0 Å². The summed E-state index contributed by atoms with van der Waals surface area (Å²) in [6.07, 6.45) is 3.26. The normalized spacial score (nSPS) is 25.1. The molecule has 1 atom stereocenters. The highest BCUT2D eigenvalue weighted by atomic mass is 16.4. The number of hydrogen-bond acceptors (Lipinski definition) is 3. The Labute approximate surface area is 92.1 Å². The summed E-state index contributed by atoms with van der Waals surface area (Å²) in [4.78, 5) is 2.32. The van der Waals surface area contributed by atoms with E-state index in [4.69, 9.17) is 10.9 Å². The molecule has 0 aromatic heterocycles. The molecule has 4 heteroatoms. The standard InChI is InChI=1S/C11H23N3O/c1-4-9(10(12)13-15)14-7-5-11(2,3)6-8-14/h9,15H,4-8H2,1-3H3,(H2,12,13). The van der Waals surface area contributed by atoms with Crippen LogP contribution in [-0.4, -0.2) is 35.1 Å². The fourth-order valence-corrected chi connectivity index (χ4v) is 2.16. The average Bonchev–Trinajstić information content (AvgIpc) is 2.21. The lowest BCUT2D eigenvalue weighted by molar-refractivity contribution is 0.113. The lowest BCUT2D eigenvalue weighted by Gasteiger charge is -2.40. The number of piperidine rings is 1. The highest BCUT2D eigenvalue weighted by Crippen LogP contribution is 2.30. The quantitative estimate of drug-likeness (QED) is 0.324. The SMILES string of the molecule is CCC(C(N)=NO)N1CCC(C)(C)CC1. The number of hydrogen-bond donors (Lipinski definition) is 2. The van der Waals surface area contributed by atoms with Gasteiger partial charge in [-0.05, 0) is 37.8 Å². The summed E-state index contributed by atoms with van der Waals surface area (Å²) in [7, 11) is 0. The van der Waals surface area contributed by atoms with Crippen LogP contribution in [0.2, 0.25) is 0 Å². The van der Waals surface area contributed by atoms with Crippen LogP contribution in [0.15, 0.2) is 5.16 Å². The van der Waals surface area contributed by atoms with Gasteiger partial charge in [0.15, 0.2) is 5.84 Å². The predicted molar refractivity (Wildman–Crippen MR) is 62.1 cm³/mol. The van der Waals surface area contributed by atoms with Crippen molar-refractivity contribution in [3.63, 3.8) is 0 Å². The summed E-state index contributed by atoms with van der Waals surface area (Å²) >= 11 is 0. The maximum Gasteiger partial charge on any atom is 0.156 e. The predicted octanol–water partition coefficient (Wildman–Crippen LogP) is 1.63. The van der Waals surface area contributed by atoms with Crippen molar-refractivity contribution in [2.45, 2.75) is 46.1 Å². The van der Waals surface area contributed by atoms with Gasteiger partial charge < -0.3 is 10.9 Å². The van der Waals surface area contributed by atoms with Gasteiger partial charge >= 0.3 is 0 Å². The fraction of sp³-hybridized carbons (Fsp3) is 0.909. The van der Waals surface area contributed by atoms with Crippen LogP contribution in [-0.2, 0) is 0 Å². The summed E-state index contributed by atoms with van der Waals surface area (Å²) in [6.45, 7) is 8.76. The Morgan fingerprint density at radius 3 is 2.40 bits per heavy atom. The smallest absolute Gasteiger partial charge is 0.156 e. The maximum atomic E-state index is 8.71. The Hall–Kier alpha value is -0.770. The second-order valence-corrected chi connectivity index (χ2v) is 5.15. The van der Waals surface area contributed by atoms with Crippen LogP contribution in [0.4, 0.5) is 0 Å². The van der Waals surface area contributed by atoms with E-state index in [9.17, 15) is 0 Å². The van der Waals surface area contributed by atoms with Crippen molar-refractivity contribution in [2.75, 3.05) is 13.1 Å². The van der Waals surface area contributed by atoms with Gasteiger partial charge in [0.2, 0.25) is 0 Å². The molecule has 0 aromatic carbocycles. The van der Waals surface area contributed by atoms with Gasteiger partial charge in [0, 0.05) is 0 Å². The van der Waals surface area contributed by atoms with E-state index >= 15 is 0 Å². The Morgan fingerprint density at radius 2 is 2.00 bits per heavy atom. The molecule has 0 amide bonds. The number of amidine groups is 1. The zero-order chi connectivity index (χ0) is 11.5. The second kappa shape index (κ2) is 4.84. The van der Waals surface area contributed by atoms with Gasteiger partial charge in [-0.1, -0.05) is 25.9 Å². The minimum Gasteiger partial charge on any atom is -0.409 e. The first kappa shape index (κ1) is 12.3. The van der Waals surface area contributed by atoms with E-state index in [2.05, 4.69) is 30.8 Å². The van der Waals surface area contributed by atoms with E-state index in [-0.39, 0.29) is 6.04 Å². The summed E-state index contributed by atoms with van der Waals surface area (Å²) < 4.78 is 0. The average molecular weight is 213 g/mol. The molecule has 0 bridgehead atoms. The first-order valence-electron chi connectivity index (χ1n) is 5.71. The van der Waals surface area contributed by atoms with E-state index in [1.165, 1.54) is 12.8 Å². The number of nitrogens with two attached hydrogens (primary N) is 1. The molecule has 1 aliphatic heterocycles. The summed E-state index contributed by atoms with van der Waals surface area (Å²) in [5.41, 5.74) is 6.13. The highest BCUT2D eigenvalue weighted by molar-refractivity contribution is 5.85. The van der Waals surface area contributed by atoms with E-state index < -0.39 is 0 Å². The van der Waals surface area contributed by atoms with Crippen LogP contribution >= 0.6 is 0 Å². The molecule has 4 nitrogen and oxygen atoms in total. The zero-order valence-corrected chi connectivity index (χ0v) is 10.0. The Bertz CT molecular complexity index is 228. The van der Waals surface area contributed by atoms with E-state index in [1.807, 2.05) is 0 Å². The zero-order valence-electron chi connectivity index (χ0n) is 10.0. The first-order valence-corrected chi connectivity index (χ1v) is 5.71. The molecule has 0 aromatic rings. The lowest BCUT2D eigenvalue weighted by Crippen LogP contribution is -2.49. The Balaban J connectivity index is 2.58. The fourth-order valence-electron chi connectivity index (χ4n) is 2.16. The van der Waals surface area contributed by atoms with Crippen molar-refractivity contribution in [1.29, 1.82) is 0 Å². The van der Waals surface area contributed by atoms with Gasteiger partial charge in [0.1, 0.15) is 0 Å². The molecule has 1 unspecified atom stereocenters. The van der Waals surface area contributed by atoms with Gasteiger partial charge in [-0.25, -0.2) is 0 Å². The minimum absolute atomic E-state index is 0.103. The molecule has 1 fully saturated rings. The van der Waals surface area contributed by atoms with Gasteiger partial charge in [0.25, 0.3) is 0 Å². The lowest BCUT2D eigenvalue weighted by atomic mass is 9.82. The molecule has 1 aliphatic rings. The van der Waals surface area contributed by atoms with Crippen LogP contribution in [0, 0.1) is 5.41 Å². The summed E-state index contributed by atoms with van der Waals surface area (Å²) in [5.74, 6) is 0.345. The number of likely N-dealkylation sites (tertiary alicyclic amines) is 1. The third-order valence-corrected chi connectivity index (χ3v) is 3.44. The maximum absolute atomic E-state index is 8.71. The topological polar surface area (TPSA) is 61.9 Å². The largest absolute Gasteiger partial charge is 0.409 e. The molecule has 3 N–H and O–H groups in total. The Morgan fingerprint density at radius 1 is 1.47 bits per heavy atom. The monoisotopic (exact) mass is 213 g/mol. The molecule has 0 radical (unpaired) electrons. The van der Waals surface area contributed by atoms with Crippen LogP contribution < -0.4 is 5.73 Å². The number of rotatable bonds is 3. The molecule has 0 aliphatic carbocycles. The molecule has 1 rings (SSSR count). The van der Waals surface area contributed by atoms with E-state index in [0.29, 0.717) is 11.3 Å². The highest BCUT2D eigenvalue weighted by Gasteiger charge is 2.30. The van der Waals surface area contributed by atoms with Crippen LogP contribution in [0.3, 0.4) is 0 Å². The molecular formula is C11H23N3O. The third kappa shape index (κ3) is 3.09. The van der Waals surface area contributed by atoms with Gasteiger partial charge in [-0.15, -0.1) is 0 Å². The molecule has 0 spiro atoms. The van der Waals surface area contributed by atoms with Crippen LogP contribution in [0.25, 0.3) is 0 Å². The van der Waals surface area contributed by atoms with Gasteiger partial charge in [-0.3, -0.25) is 4.90 Å². The number of nitrogens with zero attached hydrogens (tertiary/aromatic N) is 2. The van der Waals surface area contributed by atoms with Crippen molar-refractivity contribution in [2.24, 2.45) is 16.3 Å². The van der Waals surface area contributed by atoms with Gasteiger partial charge in [-0.2, -0.15) is 0 Å². The van der Waals surface area contributed by atoms with Crippen LogP contribution in [0.5, 0.6) is 0 Å². The summed E-state index contributed by atoms with van der Waals surface area (Å²) in [6, 6.07) is 0.103. The molecule has 88 valence electrons. The van der Waals surface area contributed by atoms with E-state index in [1.54, 1.807) is 0 Å². The molecule has 1 heterocycles. The second-order valence-electron chi connectivity index (χ2n) is 5.15. The van der Waals surface area contributed by atoms with Crippen molar-refractivity contribution < 1.29 is 5.21 Å². The molecule has 1 saturated heterocycles. The minimum atomic E-state index is 0.103. The number of oxime groups is 1. The molecular weight excluding hydrogens is 190 g/mol. The molecule has 0 saturated carbocycles. The van der Waals surface area contributed by atoms with Crippen molar-refractivity contribution in [3.05, 3.63) is 0 Å². The Kier molecular flexibility index (Phi) is 3.97. The molecule has 15 heavy (non-hydrogen) atoms.